The second-order valence-electron chi connectivity index (χ2n) is 12.7. The van der Waals surface area contributed by atoms with E-state index in [0.717, 1.165) is 67.2 Å². The highest BCUT2D eigenvalue weighted by Crippen LogP contribution is 2.45. The van der Waals surface area contributed by atoms with Gasteiger partial charge >= 0.3 is 0 Å². The highest BCUT2D eigenvalue weighted by Gasteiger charge is 2.23. The van der Waals surface area contributed by atoms with Gasteiger partial charge in [-0.2, -0.15) is 0 Å². The van der Waals surface area contributed by atoms with Crippen molar-refractivity contribution < 1.29 is 28.4 Å². The molecule has 6 aromatic carbocycles. The van der Waals surface area contributed by atoms with Gasteiger partial charge in [0.05, 0.1) is 34.1 Å². The first-order valence-corrected chi connectivity index (χ1v) is 17.6. The van der Waals surface area contributed by atoms with Crippen LogP contribution < -0.4 is 28.4 Å². The lowest BCUT2D eigenvalue weighted by Crippen LogP contribution is -2.04. The molecule has 268 valence electrons. The predicted octanol–water partition coefficient (Wildman–Crippen LogP) is 10.1. The number of nitrogens with zero attached hydrogens (tertiary/aromatic N) is 1. The summed E-state index contributed by atoms with van der Waals surface area (Å²) in [4.78, 5) is 0. The van der Waals surface area contributed by atoms with Crippen LogP contribution in [0.2, 0.25) is 0 Å². The van der Waals surface area contributed by atoms with Crippen LogP contribution in [0.1, 0.15) is 27.8 Å². The van der Waals surface area contributed by atoms with E-state index in [2.05, 4.69) is 65.2 Å². The summed E-state index contributed by atoms with van der Waals surface area (Å²) in [6.45, 7) is 1.64. The van der Waals surface area contributed by atoms with Gasteiger partial charge in [-0.3, -0.25) is 0 Å². The van der Waals surface area contributed by atoms with Crippen LogP contribution in [0.3, 0.4) is 0 Å². The lowest BCUT2D eigenvalue weighted by atomic mass is 9.97. The third-order valence-electron chi connectivity index (χ3n) is 9.38. The first-order valence-electron chi connectivity index (χ1n) is 17.6. The van der Waals surface area contributed by atoms with Gasteiger partial charge in [-0.15, -0.1) is 0 Å². The standard InChI is InChI=1S/C46H43NO6/c1-48-39-23-24-42-40(28-39)41(25-32-15-19-37(20-16-32)52-30-34-11-7-5-8-12-34)45(36-26-43(49-2)46(51-4)44(27-36)50-3)47(42)29-33-17-21-38(22-18-33)53-31-35-13-9-6-10-14-35/h5-24,26-28H,25,29-31H2,1-4H3. The first kappa shape index (κ1) is 35.1. The number of hydrogen-bond acceptors (Lipinski definition) is 6. The molecule has 0 spiro atoms. The Kier molecular flexibility index (Phi) is 10.8. The molecule has 0 aliphatic heterocycles. The van der Waals surface area contributed by atoms with Gasteiger partial charge in [0.1, 0.15) is 30.5 Å². The number of ether oxygens (including phenoxy) is 6. The fraction of sp³-hybridized carbons (Fsp3) is 0.174. The maximum atomic E-state index is 6.11. The number of rotatable bonds is 15. The SMILES string of the molecule is COc1ccc2c(c1)c(Cc1ccc(OCc3ccccc3)cc1)c(-c1cc(OC)c(OC)c(OC)c1)n2Cc1ccc(OCc2ccccc2)cc1. The average molecular weight is 706 g/mol. The molecule has 7 aromatic rings. The molecule has 0 saturated heterocycles. The van der Waals surface area contributed by atoms with Crippen molar-refractivity contribution in [2.45, 2.75) is 26.2 Å². The molecule has 0 unspecified atom stereocenters. The van der Waals surface area contributed by atoms with E-state index in [9.17, 15) is 0 Å². The lowest BCUT2D eigenvalue weighted by molar-refractivity contribution is 0.306. The molecule has 0 saturated carbocycles. The largest absolute Gasteiger partial charge is 0.497 e. The third kappa shape index (κ3) is 7.95. The molecule has 0 N–H and O–H groups in total. The Labute approximate surface area is 310 Å². The van der Waals surface area contributed by atoms with Gasteiger partial charge in [0.25, 0.3) is 0 Å². The Hall–Kier alpha value is -6.34. The Bertz CT molecular complexity index is 2240. The molecule has 53 heavy (non-hydrogen) atoms. The van der Waals surface area contributed by atoms with Gasteiger partial charge in [-0.05, 0) is 82.4 Å². The van der Waals surface area contributed by atoms with Crippen molar-refractivity contribution in [3.05, 3.63) is 167 Å². The summed E-state index contributed by atoms with van der Waals surface area (Å²) in [6, 6.07) is 47.4. The van der Waals surface area contributed by atoms with Crippen molar-refractivity contribution in [1.82, 2.24) is 4.57 Å². The highest BCUT2D eigenvalue weighted by molar-refractivity contribution is 5.94. The van der Waals surface area contributed by atoms with Crippen molar-refractivity contribution in [2.75, 3.05) is 28.4 Å². The van der Waals surface area contributed by atoms with Gasteiger partial charge in [-0.1, -0.05) is 84.9 Å². The molecule has 7 rings (SSSR count). The van der Waals surface area contributed by atoms with Crippen molar-refractivity contribution in [1.29, 1.82) is 0 Å². The second kappa shape index (κ2) is 16.3. The molecular weight excluding hydrogens is 663 g/mol. The number of hydrogen-bond donors (Lipinski definition) is 0. The zero-order valence-corrected chi connectivity index (χ0v) is 30.5. The molecule has 0 aliphatic rings. The molecular formula is C46H43NO6. The smallest absolute Gasteiger partial charge is 0.203 e. The molecule has 0 bridgehead atoms. The lowest BCUT2D eigenvalue weighted by Gasteiger charge is -2.18. The number of methoxy groups -OCH3 is 4. The van der Waals surface area contributed by atoms with E-state index < -0.39 is 0 Å². The summed E-state index contributed by atoms with van der Waals surface area (Å²) in [5, 5.41) is 1.10. The first-order chi connectivity index (χ1) is 26.1. The summed E-state index contributed by atoms with van der Waals surface area (Å²) in [7, 11) is 6.61. The van der Waals surface area contributed by atoms with Crippen LogP contribution in [-0.4, -0.2) is 33.0 Å². The minimum absolute atomic E-state index is 0.513. The summed E-state index contributed by atoms with van der Waals surface area (Å²) in [5.41, 5.74) is 8.74. The number of benzene rings is 6. The molecule has 7 nitrogen and oxygen atoms in total. The minimum atomic E-state index is 0.513. The predicted molar refractivity (Wildman–Crippen MR) is 210 cm³/mol. The maximum absolute atomic E-state index is 6.11. The van der Waals surface area contributed by atoms with Gasteiger partial charge in [-0.25, -0.2) is 0 Å². The van der Waals surface area contributed by atoms with E-state index in [-0.39, 0.29) is 0 Å². The number of fused-ring (bicyclic) bond motifs is 1. The Morgan fingerprint density at radius 3 is 1.51 bits per heavy atom. The Morgan fingerprint density at radius 1 is 0.472 bits per heavy atom. The molecule has 0 radical (unpaired) electrons. The summed E-state index contributed by atoms with van der Waals surface area (Å²) < 4.78 is 37.7. The Morgan fingerprint density at radius 2 is 1.00 bits per heavy atom. The van der Waals surface area contributed by atoms with E-state index in [1.54, 1.807) is 28.4 Å². The fourth-order valence-electron chi connectivity index (χ4n) is 6.68. The fourth-order valence-corrected chi connectivity index (χ4v) is 6.68. The van der Waals surface area contributed by atoms with Crippen LogP contribution in [0.15, 0.2) is 140 Å². The zero-order chi connectivity index (χ0) is 36.6. The zero-order valence-electron chi connectivity index (χ0n) is 30.5. The minimum Gasteiger partial charge on any atom is -0.497 e. The third-order valence-corrected chi connectivity index (χ3v) is 9.38. The monoisotopic (exact) mass is 705 g/mol. The normalized spacial score (nSPS) is 10.9. The van der Waals surface area contributed by atoms with Crippen molar-refractivity contribution in [3.8, 4) is 45.8 Å². The van der Waals surface area contributed by atoms with Gasteiger partial charge in [0, 0.05) is 29.4 Å². The quantitative estimate of drug-likeness (QED) is 0.106. The van der Waals surface area contributed by atoms with Crippen LogP contribution in [-0.2, 0) is 26.2 Å². The molecule has 7 heteroatoms. The van der Waals surface area contributed by atoms with E-state index in [4.69, 9.17) is 28.4 Å². The Balaban J connectivity index is 1.29. The van der Waals surface area contributed by atoms with Crippen molar-refractivity contribution >= 4 is 10.9 Å². The van der Waals surface area contributed by atoms with E-state index >= 15 is 0 Å². The summed E-state index contributed by atoms with van der Waals surface area (Å²) in [5.74, 6) is 4.15. The molecule has 0 fully saturated rings. The van der Waals surface area contributed by atoms with Crippen LogP contribution >= 0.6 is 0 Å². The number of aromatic nitrogens is 1. The molecule has 1 heterocycles. The van der Waals surface area contributed by atoms with Gasteiger partial charge < -0.3 is 33.0 Å². The topological polar surface area (TPSA) is 60.3 Å². The van der Waals surface area contributed by atoms with E-state index in [1.165, 1.54) is 0 Å². The van der Waals surface area contributed by atoms with Crippen molar-refractivity contribution in [3.63, 3.8) is 0 Å². The van der Waals surface area contributed by atoms with Crippen LogP contribution in [0.4, 0.5) is 0 Å². The molecule has 0 amide bonds. The average Bonchev–Trinajstić information content (AvgIpc) is 3.51. The maximum Gasteiger partial charge on any atom is 0.203 e. The van der Waals surface area contributed by atoms with Crippen LogP contribution in [0.5, 0.6) is 34.5 Å². The second-order valence-corrected chi connectivity index (χ2v) is 12.7. The molecule has 0 atom stereocenters. The molecule has 1 aromatic heterocycles. The van der Waals surface area contributed by atoms with E-state index in [0.29, 0.717) is 43.4 Å². The summed E-state index contributed by atoms with van der Waals surface area (Å²) >= 11 is 0. The summed E-state index contributed by atoms with van der Waals surface area (Å²) in [6.07, 6.45) is 0.661. The van der Waals surface area contributed by atoms with Crippen molar-refractivity contribution in [2.24, 2.45) is 0 Å². The van der Waals surface area contributed by atoms with Gasteiger partial charge in [0.15, 0.2) is 11.5 Å². The molecule has 0 aliphatic carbocycles. The van der Waals surface area contributed by atoms with Crippen LogP contribution in [0, 0.1) is 0 Å². The van der Waals surface area contributed by atoms with E-state index in [1.807, 2.05) is 78.9 Å². The van der Waals surface area contributed by atoms with Gasteiger partial charge in [0.2, 0.25) is 5.75 Å². The highest BCUT2D eigenvalue weighted by atomic mass is 16.5. The van der Waals surface area contributed by atoms with Crippen LogP contribution in [0.25, 0.3) is 22.2 Å².